The number of thiophene rings is 1. The zero-order valence-corrected chi connectivity index (χ0v) is 13.0. The van der Waals surface area contributed by atoms with Gasteiger partial charge in [-0.15, -0.1) is 11.3 Å². The molecule has 3 aromatic rings. The largest absolute Gasteiger partial charge is 0.505 e. The van der Waals surface area contributed by atoms with Crippen molar-refractivity contribution in [2.24, 2.45) is 0 Å². The Bertz CT molecular complexity index is 900. The first-order valence-corrected chi connectivity index (χ1v) is 7.60. The van der Waals surface area contributed by atoms with E-state index in [-0.39, 0.29) is 22.1 Å². The lowest BCUT2D eigenvalue weighted by atomic mass is 10.0. The fourth-order valence-electron chi connectivity index (χ4n) is 2.21. The summed E-state index contributed by atoms with van der Waals surface area (Å²) >= 11 is 7.48. The summed E-state index contributed by atoms with van der Waals surface area (Å²) in [5.41, 5.74) is 0.0950. The van der Waals surface area contributed by atoms with Gasteiger partial charge >= 0.3 is 5.63 Å². The maximum atomic E-state index is 13.2. The first-order chi connectivity index (χ1) is 10.5. The van der Waals surface area contributed by atoms with Gasteiger partial charge in [-0.1, -0.05) is 23.7 Å². The predicted octanol–water partition coefficient (Wildman–Crippen LogP) is 4.84. The van der Waals surface area contributed by atoms with Crippen LogP contribution in [0, 0.1) is 12.7 Å². The minimum Gasteiger partial charge on any atom is -0.505 e. The van der Waals surface area contributed by atoms with Crippen molar-refractivity contribution in [1.29, 1.82) is 0 Å². The second-order valence-corrected chi connectivity index (χ2v) is 6.02. The quantitative estimate of drug-likeness (QED) is 0.728. The molecule has 0 fully saturated rings. The molecule has 6 heteroatoms. The SMILES string of the molecule is Cc1cc(F)ccc1-c1c(O)c(Cl)c(-c2cccs2)oc1=O. The average Bonchev–Trinajstić information content (AvgIpc) is 2.99. The lowest BCUT2D eigenvalue weighted by Crippen LogP contribution is -2.05. The zero-order valence-electron chi connectivity index (χ0n) is 11.4. The second kappa shape index (κ2) is 5.59. The summed E-state index contributed by atoms with van der Waals surface area (Å²) in [6.45, 7) is 1.64. The topological polar surface area (TPSA) is 50.4 Å². The fourth-order valence-corrected chi connectivity index (χ4v) is 3.22. The van der Waals surface area contributed by atoms with Crippen molar-refractivity contribution in [1.82, 2.24) is 0 Å². The van der Waals surface area contributed by atoms with E-state index in [1.807, 2.05) is 0 Å². The van der Waals surface area contributed by atoms with E-state index < -0.39 is 11.4 Å². The van der Waals surface area contributed by atoms with Crippen LogP contribution in [0.3, 0.4) is 0 Å². The normalized spacial score (nSPS) is 10.9. The molecule has 3 rings (SSSR count). The van der Waals surface area contributed by atoms with Gasteiger partial charge in [-0.05, 0) is 41.6 Å². The van der Waals surface area contributed by atoms with Gasteiger partial charge in [0.1, 0.15) is 16.4 Å². The average molecular weight is 337 g/mol. The molecule has 0 saturated heterocycles. The van der Waals surface area contributed by atoms with Crippen molar-refractivity contribution in [3.63, 3.8) is 0 Å². The van der Waals surface area contributed by atoms with Gasteiger partial charge in [0.15, 0.2) is 11.5 Å². The minimum absolute atomic E-state index is 0.0409. The molecule has 2 aromatic heterocycles. The Balaban J connectivity index is 2.27. The fraction of sp³-hybridized carbons (Fsp3) is 0.0625. The van der Waals surface area contributed by atoms with E-state index in [9.17, 15) is 14.3 Å². The van der Waals surface area contributed by atoms with Crippen molar-refractivity contribution in [2.75, 3.05) is 0 Å². The molecule has 1 N–H and O–H groups in total. The van der Waals surface area contributed by atoms with Crippen molar-refractivity contribution in [2.45, 2.75) is 6.92 Å². The van der Waals surface area contributed by atoms with Crippen LogP contribution in [0.1, 0.15) is 5.56 Å². The summed E-state index contributed by atoms with van der Waals surface area (Å²) in [4.78, 5) is 12.9. The lowest BCUT2D eigenvalue weighted by Gasteiger charge is -2.10. The zero-order chi connectivity index (χ0) is 15.9. The third kappa shape index (κ3) is 2.42. The Hall–Kier alpha value is -2.11. The molecular formula is C16H10ClFO3S. The van der Waals surface area contributed by atoms with E-state index in [1.54, 1.807) is 24.4 Å². The Labute approximate surface area is 134 Å². The van der Waals surface area contributed by atoms with E-state index in [0.717, 1.165) is 0 Å². The monoisotopic (exact) mass is 336 g/mol. The molecule has 0 bridgehead atoms. The van der Waals surface area contributed by atoms with Crippen LogP contribution in [0.25, 0.3) is 21.8 Å². The highest BCUT2D eigenvalue weighted by Gasteiger charge is 2.22. The number of hydrogen-bond donors (Lipinski definition) is 1. The summed E-state index contributed by atoms with van der Waals surface area (Å²) in [5, 5.41) is 12.1. The number of rotatable bonds is 2. The third-order valence-corrected chi connectivity index (χ3v) is 4.46. The molecule has 22 heavy (non-hydrogen) atoms. The number of aromatic hydroxyl groups is 1. The second-order valence-electron chi connectivity index (χ2n) is 4.69. The molecule has 112 valence electrons. The van der Waals surface area contributed by atoms with Crippen molar-refractivity contribution < 1.29 is 13.9 Å². The molecule has 1 aromatic carbocycles. The molecule has 0 spiro atoms. The number of hydrogen-bond acceptors (Lipinski definition) is 4. The Morgan fingerprint density at radius 2 is 2.09 bits per heavy atom. The molecule has 0 amide bonds. The van der Waals surface area contributed by atoms with Gasteiger partial charge in [-0.2, -0.15) is 0 Å². The van der Waals surface area contributed by atoms with Crippen LogP contribution in [0.4, 0.5) is 4.39 Å². The van der Waals surface area contributed by atoms with Crippen molar-refractivity contribution in [3.05, 3.63) is 62.5 Å². The van der Waals surface area contributed by atoms with E-state index in [0.29, 0.717) is 16.0 Å². The van der Waals surface area contributed by atoms with Gasteiger partial charge in [-0.3, -0.25) is 0 Å². The summed E-state index contributed by atoms with van der Waals surface area (Å²) in [5.74, 6) is -0.662. The molecule has 2 heterocycles. The standard InChI is InChI=1S/C16H10ClFO3S/c1-8-7-9(18)4-5-10(8)12-14(19)13(17)15(21-16(12)20)11-3-2-6-22-11/h2-7,19H,1H3. The van der Waals surface area contributed by atoms with Gasteiger partial charge < -0.3 is 9.52 Å². The van der Waals surface area contributed by atoms with E-state index >= 15 is 0 Å². The van der Waals surface area contributed by atoms with Crippen LogP contribution in [0.15, 0.2) is 44.9 Å². The summed E-state index contributed by atoms with van der Waals surface area (Å²) < 4.78 is 18.5. The van der Waals surface area contributed by atoms with Crippen LogP contribution >= 0.6 is 22.9 Å². The van der Waals surface area contributed by atoms with Crippen LogP contribution in [0.2, 0.25) is 5.02 Å². The maximum Gasteiger partial charge on any atom is 0.348 e. The molecule has 3 nitrogen and oxygen atoms in total. The Morgan fingerprint density at radius 3 is 2.73 bits per heavy atom. The molecular weight excluding hydrogens is 327 g/mol. The van der Waals surface area contributed by atoms with Gasteiger partial charge in [0.25, 0.3) is 0 Å². The molecule has 0 aliphatic heterocycles. The van der Waals surface area contributed by atoms with E-state index in [4.69, 9.17) is 16.0 Å². The van der Waals surface area contributed by atoms with Crippen molar-refractivity contribution >= 4 is 22.9 Å². The first-order valence-electron chi connectivity index (χ1n) is 6.35. The van der Waals surface area contributed by atoms with E-state index in [2.05, 4.69) is 0 Å². The number of aryl methyl sites for hydroxylation is 1. The molecule has 0 aliphatic carbocycles. The number of halogens is 2. The Morgan fingerprint density at radius 1 is 1.32 bits per heavy atom. The Kier molecular flexibility index (Phi) is 3.76. The first kappa shape index (κ1) is 14.8. The summed E-state index contributed by atoms with van der Waals surface area (Å²) in [7, 11) is 0. The van der Waals surface area contributed by atoms with Crippen LogP contribution in [0.5, 0.6) is 5.75 Å². The van der Waals surface area contributed by atoms with E-state index in [1.165, 1.54) is 29.5 Å². The minimum atomic E-state index is -0.722. The van der Waals surface area contributed by atoms with Crippen LogP contribution in [-0.4, -0.2) is 5.11 Å². The van der Waals surface area contributed by atoms with Crippen molar-refractivity contribution in [3.8, 4) is 27.5 Å². The summed E-state index contributed by atoms with van der Waals surface area (Å²) in [6, 6.07) is 7.41. The van der Waals surface area contributed by atoms with Gasteiger partial charge in [0.2, 0.25) is 0 Å². The third-order valence-electron chi connectivity index (χ3n) is 3.25. The highest BCUT2D eigenvalue weighted by atomic mass is 35.5. The molecule has 0 atom stereocenters. The molecule has 0 unspecified atom stereocenters. The predicted molar refractivity (Wildman–Crippen MR) is 85.1 cm³/mol. The lowest BCUT2D eigenvalue weighted by molar-refractivity contribution is 0.457. The molecule has 0 aliphatic rings. The van der Waals surface area contributed by atoms with Crippen LogP contribution in [-0.2, 0) is 0 Å². The molecule has 0 radical (unpaired) electrons. The number of benzene rings is 1. The highest BCUT2D eigenvalue weighted by molar-refractivity contribution is 7.13. The van der Waals surface area contributed by atoms with Gasteiger partial charge in [0, 0.05) is 0 Å². The van der Waals surface area contributed by atoms with Crippen LogP contribution < -0.4 is 5.63 Å². The van der Waals surface area contributed by atoms with Gasteiger partial charge in [0.05, 0.1) is 4.88 Å². The highest BCUT2D eigenvalue weighted by Crippen LogP contribution is 2.41. The maximum absolute atomic E-state index is 13.2. The van der Waals surface area contributed by atoms with Gasteiger partial charge in [-0.25, -0.2) is 9.18 Å². The summed E-state index contributed by atoms with van der Waals surface area (Å²) in [6.07, 6.45) is 0. The molecule has 0 saturated carbocycles. The smallest absolute Gasteiger partial charge is 0.348 e.